The molecule has 0 aromatic carbocycles. The second kappa shape index (κ2) is 15.6. The molecule has 0 radical (unpaired) electrons. The van der Waals surface area contributed by atoms with Crippen LogP contribution in [-0.2, 0) is 14.2 Å². The van der Waals surface area contributed by atoms with Crippen molar-refractivity contribution in [2.75, 3.05) is 53.1 Å². The van der Waals surface area contributed by atoms with Crippen molar-refractivity contribution in [2.45, 2.75) is 83.3 Å². The Kier molecular flexibility index (Phi) is 14.5. The highest BCUT2D eigenvalue weighted by Gasteiger charge is 2.33. The van der Waals surface area contributed by atoms with E-state index in [1.807, 2.05) is 0 Å². The van der Waals surface area contributed by atoms with Crippen LogP contribution in [0.5, 0.6) is 0 Å². The fourth-order valence-corrected chi connectivity index (χ4v) is 4.20. The molecule has 0 aromatic rings. The number of methoxy groups -OCH3 is 1. The number of hydrogen-bond acceptors (Lipinski definition) is 4. The number of nitrogens with one attached hydrogen (secondary N) is 1. The zero-order valence-electron chi connectivity index (χ0n) is 18.9. The second-order valence-corrected chi connectivity index (χ2v) is 8.17. The number of guanidine groups is 1. The first-order valence-electron chi connectivity index (χ1n) is 11.5. The maximum absolute atomic E-state index is 6.33. The average molecular weight is 526 g/mol. The van der Waals surface area contributed by atoms with Gasteiger partial charge in [0, 0.05) is 46.6 Å². The number of nitrogens with zero attached hydrogens (tertiary/aromatic N) is 2. The Morgan fingerprint density at radius 3 is 2.41 bits per heavy atom. The highest BCUT2D eigenvalue weighted by Crippen LogP contribution is 2.32. The van der Waals surface area contributed by atoms with E-state index in [4.69, 9.17) is 19.2 Å². The van der Waals surface area contributed by atoms with Crippen LogP contribution < -0.4 is 5.32 Å². The molecular formula is C22H44IN3O3. The van der Waals surface area contributed by atoms with Crippen molar-refractivity contribution in [1.29, 1.82) is 0 Å². The van der Waals surface area contributed by atoms with Gasteiger partial charge in [-0.1, -0.05) is 26.2 Å². The Bertz CT molecular complexity index is 437. The quantitative estimate of drug-likeness (QED) is 0.190. The molecule has 0 atom stereocenters. The van der Waals surface area contributed by atoms with Crippen molar-refractivity contribution in [2.24, 2.45) is 4.99 Å². The number of aliphatic imine (C=N–C) groups is 1. The molecule has 0 bridgehead atoms. The lowest BCUT2D eigenvalue weighted by Gasteiger charge is -2.38. The van der Waals surface area contributed by atoms with Gasteiger partial charge in [-0.05, 0) is 45.4 Å². The van der Waals surface area contributed by atoms with E-state index < -0.39 is 0 Å². The molecule has 1 saturated carbocycles. The lowest BCUT2D eigenvalue weighted by atomic mass is 9.84. The summed E-state index contributed by atoms with van der Waals surface area (Å²) in [5.74, 6) is 1.05. The fourth-order valence-electron chi connectivity index (χ4n) is 4.20. The van der Waals surface area contributed by atoms with Crippen molar-refractivity contribution in [3.05, 3.63) is 0 Å². The molecule has 1 heterocycles. The Labute approximate surface area is 195 Å². The molecule has 0 amide bonds. The third-order valence-corrected chi connectivity index (χ3v) is 5.82. The molecule has 0 aromatic heterocycles. The molecule has 2 aliphatic rings. The molecule has 29 heavy (non-hydrogen) atoms. The van der Waals surface area contributed by atoms with Gasteiger partial charge in [0.2, 0.25) is 0 Å². The average Bonchev–Trinajstić information content (AvgIpc) is 2.74. The Hall–Kier alpha value is -0.120. The molecule has 2 fully saturated rings. The highest BCUT2D eigenvalue weighted by atomic mass is 127. The largest absolute Gasteiger partial charge is 0.385 e. The molecule has 1 N–H and O–H groups in total. The van der Waals surface area contributed by atoms with E-state index in [2.05, 4.69) is 24.1 Å². The van der Waals surface area contributed by atoms with E-state index in [1.54, 1.807) is 7.11 Å². The van der Waals surface area contributed by atoms with Crippen LogP contribution >= 0.6 is 24.0 Å². The summed E-state index contributed by atoms with van der Waals surface area (Å²) in [4.78, 5) is 7.44. The van der Waals surface area contributed by atoms with Crippen LogP contribution in [-0.4, -0.2) is 75.7 Å². The molecule has 172 valence electrons. The summed E-state index contributed by atoms with van der Waals surface area (Å²) in [6.07, 6.45) is 10.7. The lowest BCUT2D eigenvalue weighted by Crippen LogP contribution is -2.48. The van der Waals surface area contributed by atoms with Gasteiger partial charge < -0.3 is 24.4 Å². The fraction of sp³-hybridized carbons (Fsp3) is 0.955. The van der Waals surface area contributed by atoms with E-state index in [0.717, 1.165) is 90.5 Å². The van der Waals surface area contributed by atoms with Gasteiger partial charge in [0.15, 0.2) is 5.96 Å². The molecule has 2 rings (SSSR count). The minimum Gasteiger partial charge on any atom is -0.385 e. The normalized spacial score (nSPS) is 20.4. The van der Waals surface area contributed by atoms with Crippen molar-refractivity contribution < 1.29 is 14.2 Å². The molecule has 1 aliphatic heterocycles. The first-order valence-corrected chi connectivity index (χ1v) is 11.5. The lowest BCUT2D eigenvalue weighted by molar-refractivity contribution is -0.0626. The van der Waals surface area contributed by atoms with Crippen LogP contribution in [0, 0.1) is 0 Å². The van der Waals surface area contributed by atoms with Gasteiger partial charge in [-0.2, -0.15) is 0 Å². The summed E-state index contributed by atoms with van der Waals surface area (Å²) >= 11 is 0. The summed E-state index contributed by atoms with van der Waals surface area (Å²) in [6, 6.07) is 0. The van der Waals surface area contributed by atoms with Crippen LogP contribution in [0.3, 0.4) is 0 Å². The van der Waals surface area contributed by atoms with E-state index in [9.17, 15) is 0 Å². The predicted molar refractivity (Wildman–Crippen MR) is 130 cm³/mol. The third kappa shape index (κ3) is 9.70. The predicted octanol–water partition coefficient (Wildman–Crippen LogP) is 4.22. The van der Waals surface area contributed by atoms with Gasteiger partial charge in [-0.3, -0.25) is 4.99 Å². The summed E-state index contributed by atoms with van der Waals surface area (Å²) < 4.78 is 17.4. The smallest absolute Gasteiger partial charge is 0.194 e. The minimum atomic E-state index is -0.0439. The van der Waals surface area contributed by atoms with E-state index in [0.29, 0.717) is 6.10 Å². The van der Waals surface area contributed by atoms with Crippen LogP contribution in [0.1, 0.15) is 71.6 Å². The third-order valence-electron chi connectivity index (χ3n) is 5.82. The Morgan fingerprint density at radius 1 is 1.07 bits per heavy atom. The molecule has 1 aliphatic carbocycles. The van der Waals surface area contributed by atoms with Crippen molar-refractivity contribution in [3.63, 3.8) is 0 Å². The van der Waals surface area contributed by atoms with Gasteiger partial charge in [0.1, 0.15) is 0 Å². The van der Waals surface area contributed by atoms with Gasteiger partial charge in [0.25, 0.3) is 0 Å². The van der Waals surface area contributed by atoms with Gasteiger partial charge in [-0.25, -0.2) is 0 Å². The Morgan fingerprint density at radius 2 is 1.79 bits per heavy atom. The van der Waals surface area contributed by atoms with Gasteiger partial charge >= 0.3 is 0 Å². The standard InChI is InChI=1S/C22H43N3O3.HI/c1-4-16-28-22(12-7-6-8-13-22)19-24-21(23-5-2)25-14-10-20(11-15-25)27-18-9-17-26-3;/h20H,4-19H2,1-3H3,(H,23,24);1H. The van der Waals surface area contributed by atoms with Gasteiger partial charge in [0.05, 0.1) is 18.2 Å². The zero-order chi connectivity index (χ0) is 20.1. The summed E-state index contributed by atoms with van der Waals surface area (Å²) in [5, 5.41) is 3.50. The molecule has 1 saturated heterocycles. The molecule has 7 heteroatoms. The van der Waals surface area contributed by atoms with Crippen LogP contribution in [0.25, 0.3) is 0 Å². The maximum Gasteiger partial charge on any atom is 0.194 e. The van der Waals surface area contributed by atoms with E-state index in [-0.39, 0.29) is 29.6 Å². The van der Waals surface area contributed by atoms with Crippen molar-refractivity contribution in [3.8, 4) is 0 Å². The van der Waals surface area contributed by atoms with E-state index >= 15 is 0 Å². The monoisotopic (exact) mass is 525 g/mol. The number of rotatable bonds is 11. The maximum atomic E-state index is 6.33. The molecule has 0 spiro atoms. The van der Waals surface area contributed by atoms with Crippen LogP contribution in [0.15, 0.2) is 4.99 Å². The number of likely N-dealkylation sites (tertiary alicyclic amines) is 1. The van der Waals surface area contributed by atoms with Crippen molar-refractivity contribution in [1.82, 2.24) is 10.2 Å². The zero-order valence-corrected chi connectivity index (χ0v) is 21.2. The van der Waals surface area contributed by atoms with Gasteiger partial charge in [-0.15, -0.1) is 24.0 Å². The highest BCUT2D eigenvalue weighted by molar-refractivity contribution is 14.0. The van der Waals surface area contributed by atoms with E-state index in [1.165, 1.54) is 19.3 Å². The van der Waals surface area contributed by atoms with Crippen LogP contribution in [0.2, 0.25) is 0 Å². The molecule has 6 nitrogen and oxygen atoms in total. The number of ether oxygens (including phenoxy) is 3. The molecule has 0 unspecified atom stereocenters. The molecular weight excluding hydrogens is 481 g/mol. The number of halogens is 1. The summed E-state index contributed by atoms with van der Waals surface area (Å²) in [6.45, 7) is 10.4. The summed E-state index contributed by atoms with van der Waals surface area (Å²) in [7, 11) is 1.74. The first-order chi connectivity index (χ1) is 13.7. The summed E-state index contributed by atoms with van der Waals surface area (Å²) in [5.41, 5.74) is -0.0439. The second-order valence-electron chi connectivity index (χ2n) is 8.17. The van der Waals surface area contributed by atoms with Crippen molar-refractivity contribution >= 4 is 29.9 Å². The Balaban J connectivity index is 0.00000420. The van der Waals surface area contributed by atoms with Crippen LogP contribution in [0.4, 0.5) is 0 Å². The minimum absolute atomic E-state index is 0. The number of hydrogen-bond donors (Lipinski definition) is 1. The SMILES string of the molecule is CCCOC1(CN=C(NCC)N2CCC(OCCCOC)CC2)CCCCC1.I. The number of piperidine rings is 1. The first kappa shape index (κ1) is 26.9. The topological polar surface area (TPSA) is 55.3 Å².